The molecule has 0 spiro atoms. The molecule has 0 atom stereocenters. The van der Waals surface area contributed by atoms with Gasteiger partial charge in [-0.3, -0.25) is 0 Å². The number of esters is 2. The predicted molar refractivity (Wildman–Crippen MR) is 85.2 cm³/mol. The minimum atomic E-state index is -1.25. The minimum absolute atomic E-state index is 0.0579. The third-order valence-electron chi connectivity index (χ3n) is 3.80. The summed E-state index contributed by atoms with van der Waals surface area (Å²) in [5, 5.41) is 0. The van der Waals surface area contributed by atoms with Crippen molar-refractivity contribution >= 4 is 18.0 Å². The molecule has 0 aliphatic carbocycles. The molecule has 0 amide bonds. The van der Waals surface area contributed by atoms with Crippen LogP contribution in [0.2, 0.25) is 0 Å². The summed E-state index contributed by atoms with van der Waals surface area (Å²) in [6, 6.07) is 7.25. The lowest BCUT2D eigenvalue weighted by molar-refractivity contribution is -0.222. The number of hydrogen-bond acceptors (Lipinski definition) is 6. The largest absolute Gasteiger partial charge is 0.490 e. The highest BCUT2D eigenvalue weighted by Crippen LogP contribution is 2.28. The Kier molecular flexibility index (Phi) is 4.57. The van der Waals surface area contributed by atoms with Crippen molar-refractivity contribution in [2.24, 2.45) is 0 Å². The van der Waals surface area contributed by atoms with Crippen molar-refractivity contribution in [3.8, 4) is 5.75 Å². The van der Waals surface area contributed by atoms with Gasteiger partial charge in [-0.05, 0) is 12.1 Å². The van der Waals surface area contributed by atoms with E-state index in [1.807, 2.05) is 18.2 Å². The molecule has 6 heteroatoms. The van der Waals surface area contributed by atoms with Gasteiger partial charge < -0.3 is 18.9 Å². The average Bonchev–Trinajstić information content (AvgIpc) is 2.52. The van der Waals surface area contributed by atoms with Crippen LogP contribution in [0.25, 0.3) is 6.08 Å². The first kappa shape index (κ1) is 16.5. The fourth-order valence-electron chi connectivity index (χ4n) is 2.61. The highest BCUT2D eigenvalue weighted by atomic mass is 16.7. The van der Waals surface area contributed by atoms with E-state index in [4.69, 9.17) is 18.9 Å². The molecule has 6 nitrogen and oxygen atoms in total. The highest BCUT2D eigenvalue weighted by molar-refractivity contribution is 6.19. The smallest absolute Gasteiger partial charge is 0.348 e. The summed E-state index contributed by atoms with van der Waals surface area (Å²) in [5.74, 6) is -2.03. The van der Waals surface area contributed by atoms with Crippen molar-refractivity contribution in [3.63, 3.8) is 0 Å². The molecule has 2 fully saturated rings. The third-order valence-corrected chi connectivity index (χ3v) is 3.80. The third kappa shape index (κ3) is 3.76. The van der Waals surface area contributed by atoms with Crippen LogP contribution in [0, 0.1) is 0 Å². The number of para-hydroxylation sites is 1. The van der Waals surface area contributed by atoms with E-state index >= 15 is 0 Å². The second-order valence-corrected chi connectivity index (χ2v) is 6.20. The Morgan fingerprint density at radius 2 is 1.71 bits per heavy atom. The van der Waals surface area contributed by atoms with Gasteiger partial charge >= 0.3 is 11.9 Å². The lowest BCUT2D eigenvalue weighted by Crippen LogP contribution is -2.41. The van der Waals surface area contributed by atoms with E-state index in [0.717, 1.165) is 12.8 Å². The molecule has 0 radical (unpaired) electrons. The van der Waals surface area contributed by atoms with E-state index in [1.165, 1.54) is 19.9 Å². The molecule has 0 aromatic heterocycles. The fraction of sp³-hybridized carbons (Fsp3) is 0.444. The van der Waals surface area contributed by atoms with E-state index in [9.17, 15) is 9.59 Å². The van der Waals surface area contributed by atoms with Crippen LogP contribution in [0.15, 0.2) is 29.8 Å². The summed E-state index contributed by atoms with van der Waals surface area (Å²) < 4.78 is 21.6. The zero-order chi connectivity index (χ0) is 17.2. The number of hydrogen-bond donors (Lipinski definition) is 0. The van der Waals surface area contributed by atoms with Gasteiger partial charge in [0.2, 0.25) is 0 Å². The second-order valence-electron chi connectivity index (χ2n) is 6.20. The lowest BCUT2D eigenvalue weighted by atomic mass is 10.1. The number of benzene rings is 1. The van der Waals surface area contributed by atoms with Crippen molar-refractivity contribution in [2.75, 3.05) is 13.2 Å². The van der Waals surface area contributed by atoms with Crippen LogP contribution in [-0.2, 0) is 23.8 Å². The number of rotatable bonds is 3. The first-order valence-corrected chi connectivity index (χ1v) is 7.96. The van der Waals surface area contributed by atoms with Gasteiger partial charge in [-0.15, -0.1) is 0 Å². The molecule has 24 heavy (non-hydrogen) atoms. The van der Waals surface area contributed by atoms with Crippen molar-refractivity contribution in [3.05, 3.63) is 35.4 Å². The lowest BCUT2D eigenvalue weighted by Gasteiger charge is -2.30. The molecule has 0 saturated carbocycles. The highest BCUT2D eigenvalue weighted by Gasteiger charge is 2.39. The van der Waals surface area contributed by atoms with Gasteiger partial charge in [0.1, 0.15) is 17.4 Å². The Balaban J connectivity index is 1.84. The summed E-state index contributed by atoms with van der Waals surface area (Å²) in [6.45, 7) is 4.37. The van der Waals surface area contributed by atoms with Crippen molar-refractivity contribution < 1.29 is 28.5 Å². The van der Waals surface area contributed by atoms with Crippen molar-refractivity contribution in [2.45, 2.75) is 38.6 Å². The SMILES string of the molecule is CC1(C)OC(=O)C(=Cc2ccccc2OC2CCOCC2)C(=O)O1. The van der Waals surface area contributed by atoms with E-state index in [0.29, 0.717) is 24.5 Å². The monoisotopic (exact) mass is 332 g/mol. The Bertz CT molecular complexity index is 648. The molecule has 1 aromatic rings. The Morgan fingerprint density at radius 1 is 1.08 bits per heavy atom. The maximum absolute atomic E-state index is 12.1. The summed E-state index contributed by atoms with van der Waals surface area (Å²) in [4.78, 5) is 24.2. The van der Waals surface area contributed by atoms with Gasteiger partial charge in [-0.25, -0.2) is 9.59 Å². The summed E-state index contributed by atoms with van der Waals surface area (Å²) >= 11 is 0. The van der Waals surface area contributed by atoms with Gasteiger partial charge in [0, 0.05) is 32.3 Å². The quantitative estimate of drug-likeness (QED) is 0.481. The maximum atomic E-state index is 12.1. The minimum Gasteiger partial charge on any atom is -0.490 e. The maximum Gasteiger partial charge on any atom is 0.348 e. The normalized spacial score (nSPS) is 21.0. The summed E-state index contributed by atoms with van der Waals surface area (Å²) in [5.41, 5.74) is 0.491. The first-order chi connectivity index (χ1) is 11.4. The molecule has 0 bridgehead atoms. The van der Waals surface area contributed by atoms with Crippen LogP contribution in [0.5, 0.6) is 5.75 Å². The van der Waals surface area contributed by atoms with E-state index in [2.05, 4.69) is 0 Å². The number of ether oxygens (including phenoxy) is 4. The van der Waals surface area contributed by atoms with Crippen LogP contribution in [-0.4, -0.2) is 37.0 Å². The predicted octanol–water partition coefficient (Wildman–Crippen LogP) is 2.46. The van der Waals surface area contributed by atoms with E-state index in [1.54, 1.807) is 6.07 Å². The molecular formula is C18H20O6. The van der Waals surface area contributed by atoms with Crippen LogP contribution in [0.3, 0.4) is 0 Å². The van der Waals surface area contributed by atoms with Gasteiger partial charge in [0.15, 0.2) is 0 Å². The molecule has 1 aromatic carbocycles. The van der Waals surface area contributed by atoms with Crippen LogP contribution < -0.4 is 4.74 Å². The Hall–Kier alpha value is -2.34. The van der Waals surface area contributed by atoms with Crippen LogP contribution in [0.4, 0.5) is 0 Å². The zero-order valence-corrected chi connectivity index (χ0v) is 13.7. The Labute approximate surface area is 140 Å². The number of cyclic esters (lactones) is 2. The van der Waals surface area contributed by atoms with Gasteiger partial charge in [-0.2, -0.15) is 0 Å². The number of carbonyl (C=O) groups excluding carboxylic acids is 2. The Morgan fingerprint density at radius 3 is 2.38 bits per heavy atom. The molecule has 0 unspecified atom stereocenters. The topological polar surface area (TPSA) is 71.1 Å². The molecule has 2 saturated heterocycles. The van der Waals surface area contributed by atoms with E-state index < -0.39 is 17.7 Å². The van der Waals surface area contributed by atoms with Crippen molar-refractivity contribution in [1.82, 2.24) is 0 Å². The molecular weight excluding hydrogens is 312 g/mol. The van der Waals surface area contributed by atoms with E-state index in [-0.39, 0.29) is 11.7 Å². The van der Waals surface area contributed by atoms with Crippen molar-refractivity contribution in [1.29, 1.82) is 0 Å². The van der Waals surface area contributed by atoms with Gasteiger partial charge in [0.25, 0.3) is 5.79 Å². The van der Waals surface area contributed by atoms with Gasteiger partial charge in [0.05, 0.1) is 13.2 Å². The molecule has 2 aliphatic rings. The second kappa shape index (κ2) is 6.65. The summed E-state index contributed by atoms with van der Waals surface area (Å²) in [7, 11) is 0. The number of carbonyl (C=O) groups is 2. The molecule has 0 N–H and O–H groups in total. The van der Waals surface area contributed by atoms with Crippen LogP contribution >= 0.6 is 0 Å². The molecule has 2 heterocycles. The molecule has 128 valence electrons. The summed E-state index contributed by atoms with van der Waals surface area (Å²) in [6.07, 6.45) is 3.13. The van der Waals surface area contributed by atoms with Crippen LogP contribution in [0.1, 0.15) is 32.3 Å². The van der Waals surface area contributed by atoms with Gasteiger partial charge in [-0.1, -0.05) is 18.2 Å². The first-order valence-electron chi connectivity index (χ1n) is 7.96. The average molecular weight is 332 g/mol. The molecule has 3 rings (SSSR count). The molecule has 2 aliphatic heterocycles. The zero-order valence-electron chi connectivity index (χ0n) is 13.7. The fourth-order valence-corrected chi connectivity index (χ4v) is 2.61. The standard InChI is InChI=1S/C18H20O6/c1-18(2)23-16(19)14(17(20)24-18)11-12-5-3-4-6-15(12)22-13-7-9-21-10-8-13/h3-6,11,13H,7-10H2,1-2H3.